The van der Waals surface area contributed by atoms with E-state index in [1.165, 1.54) is 0 Å². The molecule has 0 bridgehead atoms. The molecule has 0 aromatic carbocycles. The normalized spacial score (nSPS) is 24.1. The number of carboxylic acids is 1. The van der Waals surface area contributed by atoms with Gasteiger partial charge in [-0.05, 0) is 32.9 Å². The second-order valence-electron chi connectivity index (χ2n) is 4.77. The number of carbonyl (C=O) groups is 1. The topological polar surface area (TPSA) is 62.7 Å². The van der Waals surface area contributed by atoms with Crippen molar-refractivity contribution < 1.29 is 14.6 Å². The molecule has 98 valence electrons. The molecule has 2 heterocycles. The van der Waals surface area contributed by atoms with Crippen LogP contribution in [0.15, 0.2) is 12.1 Å². The summed E-state index contributed by atoms with van der Waals surface area (Å²) in [6.07, 6.45) is 0.324. The van der Waals surface area contributed by atoms with Crippen LogP contribution in [0, 0.1) is 6.92 Å². The molecule has 1 N–H and O–H groups in total. The number of morpholine rings is 1. The highest BCUT2D eigenvalue weighted by molar-refractivity contribution is 5.89. The summed E-state index contributed by atoms with van der Waals surface area (Å²) in [7, 11) is 0. The molecular formula is C13H18N2O3. The van der Waals surface area contributed by atoms with Crippen LogP contribution in [0.5, 0.6) is 0 Å². The van der Waals surface area contributed by atoms with Gasteiger partial charge < -0.3 is 14.7 Å². The Hall–Kier alpha value is -1.62. The van der Waals surface area contributed by atoms with E-state index in [9.17, 15) is 4.79 Å². The molecule has 2 unspecified atom stereocenters. The minimum absolute atomic E-state index is 0.162. The second-order valence-corrected chi connectivity index (χ2v) is 4.77. The van der Waals surface area contributed by atoms with E-state index < -0.39 is 5.97 Å². The van der Waals surface area contributed by atoms with Gasteiger partial charge in [0.05, 0.1) is 23.5 Å². The van der Waals surface area contributed by atoms with Crippen LogP contribution in [0.4, 0.5) is 5.82 Å². The van der Waals surface area contributed by atoms with Crippen molar-refractivity contribution in [1.29, 1.82) is 0 Å². The van der Waals surface area contributed by atoms with Crippen LogP contribution in [0.25, 0.3) is 0 Å². The first-order valence-corrected chi connectivity index (χ1v) is 6.08. The van der Waals surface area contributed by atoms with E-state index in [0.717, 1.165) is 18.9 Å². The van der Waals surface area contributed by atoms with E-state index in [-0.39, 0.29) is 17.8 Å². The van der Waals surface area contributed by atoms with Crippen molar-refractivity contribution in [3.05, 3.63) is 23.4 Å². The molecule has 5 heteroatoms. The number of ether oxygens (including phenoxy) is 1. The van der Waals surface area contributed by atoms with Crippen LogP contribution in [-0.4, -0.2) is 41.4 Å². The molecule has 0 spiro atoms. The van der Waals surface area contributed by atoms with Gasteiger partial charge in [-0.2, -0.15) is 0 Å². The number of nitrogens with zero attached hydrogens (tertiary/aromatic N) is 2. The van der Waals surface area contributed by atoms with Gasteiger partial charge in [-0.25, -0.2) is 9.78 Å². The Morgan fingerprint density at radius 3 is 2.50 bits per heavy atom. The Kier molecular flexibility index (Phi) is 3.52. The first-order chi connectivity index (χ1) is 8.47. The van der Waals surface area contributed by atoms with Crippen molar-refractivity contribution >= 4 is 11.8 Å². The summed E-state index contributed by atoms with van der Waals surface area (Å²) >= 11 is 0. The average molecular weight is 250 g/mol. The van der Waals surface area contributed by atoms with E-state index >= 15 is 0 Å². The lowest BCUT2D eigenvalue weighted by atomic mass is 10.2. The van der Waals surface area contributed by atoms with Gasteiger partial charge in [-0.15, -0.1) is 0 Å². The molecule has 1 fully saturated rings. The first kappa shape index (κ1) is 12.8. The minimum Gasteiger partial charge on any atom is -0.478 e. The number of aromatic nitrogens is 1. The number of rotatable bonds is 2. The molecule has 0 radical (unpaired) electrons. The zero-order chi connectivity index (χ0) is 13.3. The van der Waals surface area contributed by atoms with E-state index in [4.69, 9.17) is 9.84 Å². The smallest absolute Gasteiger partial charge is 0.337 e. The molecule has 2 atom stereocenters. The number of aryl methyl sites for hydroxylation is 1. The monoisotopic (exact) mass is 250 g/mol. The molecule has 1 aromatic heterocycles. The fourth-order valence-corrected chi connectivity index (χ4v) is 2.31. The number of anilines is 1. The van der Waals surface area contributed by atoms with Gasteiger partial charge in [0.25, 0.3) is 0 Å². The minimum atomic E-state index is -0.935. The number of carboxylic acid groups (broad SMARTS) is 1. The maximum absolute atomic E-state index is 10.9. The summed E-state index contributed by atoms with van der Waals surface area (Å²) in [6.45, 7) is 7.34. The van der Waals surface area contributed by atoms with Crippen LogP contribution in [-0.2, 0) is 4.74 Å². The molecule has 1 saturated heterocycles. The molecule has 0 amide bonds. The lowest BCUT2D eigenvalue weighted by Gasteiger charge is -2.36. The van der Waals surface area contributed by atoms with Gasteiger partial charge >= 0.3 is 5.97 Å². The third-order valence-electron chi connectivity index (χ3n) is 3.05. The van der Waals surface area contributed by atoms with Crippen molar-refractivity contribution in [2.45, 2.75) is 33.0 Å². The van der Waals surface area contributed by atoms with Gasteiger partial charge in [0.15, 0.2) is 0 Å². The Labute approximate surface area is 106 Å². The summed E-state index contributed by atoms with van der Waals surface area (Å²) in [5, 5.41) is 8.98. The molecular weight excluding hydrogens is 232 g/mol. The SMILES string of the molecule is Cc1nc(N2CC(C)OC(C)C2)ccc1C(=O)O. The van der Waals surface area contributed by atoms with Crippen molar-refractivity contribution in [1.82, 2.24) is 4.98 Å². The Morgan fingerprint density at radius 2 is 2.00 bits per heavy atom. The standard InChI is InChI=1S/C13H18N2O3/c1-8-6-15(7-9(2)18-8)12-5-4-11(13(16)17)10(3)14-12/h4-5,8-9H,6-7H2,1-3H3,(H,16,17). The number of hydrogen-bond acceptors (Lipinski definition) is 4. The second kappa shape index (κ2) is 4.94. The van der Waals surface area contributed by atoms with Crippen molar-refractivity contribution in [3.63, 3.8) is 0 Å². The van der Waals surface area contributed by atoms with Gasteiger partial charge in [0.2, 0.25) is 0 Å². The largest absolute Gasteiger partial charge is 0.478 e. The molecule has 2 rings (SSSR count). The predicted molar refractivity (Wildman–Crippen MR) is 68.2 cm³/mol. The Bertz CT molecular complexity index is 452. The lowest BCUT2D eigenvalue weighted by Crippen LogP contribution is -2.45. The van der Waals surface area contributed by atoms with Crippen LogP contribution >= 0.6 is 0 Å². The van der Waals surface area contributed by atoms with Gasteiger partial charge in [0, 0.05) is 13.1 Å². The van der Waals surface area contributed by atoms with Gasteiger partial charge in [-0.1, -0.05) is 0 Å². The van der Waals surface area contributed by atoms with Gasteiger partial charge in [-0.3, -0.25) is 0 Å². The fourth-order valence-electron chi connectivity index (χ4n) is 2.31. The molecule has 1 aliphatic heterocycles. The third kappa shape index (κ3) is 2.61. The molecule has 1 aliphatic rings. The van der Waals surface area contributed by atoms with Crippen molar-refractivity contribution in [3.8, 4) is 0 Å². The average Bonchev–Trinajstić information content (AvgIpc) is 2.26. The molecule has 0 aliphatic carbocycles. The summed E-state index contributed by atoms with van der Waals surface area (Å²) in [5.74, 6) is -0.116. The highest BCUT2D eigenvalue weighted by Gasteiger charge is 2.23. The molecule has 0 saturated carbocycles. The summed E-state index contributed by atoms with van der Waals surface area (Å²) in [5.41, 5.74) is 0.805. The Morgan fingerprint density at radius 1 is 1.39 bits per heavy atom. The number of aromatic carboxylic acids is 1. The highest BCUT2D eigenvalue weighted by Crippen LogP contribution is 2.20. The predicted octanol–water partition coefficient (Wildman–Crippen LogP) is 1.70. The van der Waals surface area contributed by atoms with Crippen LogP contribution < -0.4 is 4.90 Å². The van der Waals surface area contributed by atoms with Crippen molar-refractivity contribution in [2.75, 3.05) is 18.0 Å². The number of pyridine rings is 1. The summed E-state index contributed by atoms with van der Waals surface area (Å²) < 4.78 is 5.67. The Balaban J connectivity index is 2.23. The maximum atomic E-state index is 10.9. The van der Waals surface area contributed by atoms with E-state index in [2.05, 4.69) is 9.88 Å². The zero-order valence-electron chi connectivity index (χ0n) is 10.9. The zero-order valence-corrected chi connectivity index (χ0v) is 10.9. The molecule has 1 aromatic rings. The van der Waals surface area contributed by atoms with Crippen molar-refractivity contribution in [2.24, 2.45) is 0 Å². The fraction of sp³-hybridized carbons (Fsp3) is 0.538. The van der Waals surface area contributed by atoms with Crippen LogP contribution in [0.2, 0.25) is 0 Å². The van der Waals surface area contributed by atoms with Gasteiger partial charge in [0.1, 0.15) is 5.82 Å². The maximum Gasteiger partial charge on any atom is 0.337 e. The van der Waals surface area contributed by atoms with Crippen LogP contribution in [0.1, 0.15) is 29.9 Å². The first-order valence-electron chi connectivity index (χ1n) is 6.08. The summed E-state index contributed by atoms with van der Waals surface area (Å²) in [6, 6.07) is 3.38. The van der Waals surface area contributed by atoms with Crippen LogP contribution in [0.3, 0.4) is 0 Å². The third-order valence-corrected chi connectivity index (χ3v) is 3.05. The van der Waals surface area contributed by atoms with E-state index in [1.54, 1.807) is 19.1 Å². The number of hydrogen-bond donors (Lipinski definition) is 1. The molecule has 5 nitrogen and oxygen atoms in total. The highest BCUT2D eigenvalue weighted by atomic mass is 16.5. The van der Waals surface area contributed by atoms with E-state index in [0.29, 0.717) is 5.69 Å². The quantitative estimate of drug-likeness (QED) is 0.865. The van der Waals surface area contributed by atoms with E-state index in [1.807, 2.05) is 13.8 Å². The lowest BCUT2D eigenvalue weighted by molar-refractivity contribution is -0.00547. The molecule has 18 heavy (non-hydrogen) atoms. The summed E-state index contributed by atoms with van der Waals surface area (Å²) in [4.78, 5) is 17.5.